The van der Waals surface area contributed by atoms with Crippen LogP contribution < -0.4 is 0 Å². The fraction of sp³-hybridized carbons (Fsp3) is 0.875. The second kappa shape index (κ2) is 4.69. The molecule has 0 spiro atoms. The Morgan fingerprint density at radius 3 is 2.17 bits per heavy atom. The van der Waals surface area contributed by atoms with Gasteiger partial charge in [-0.15, -0.1) is 0 Å². The lowest BCUT2D eigenvalue weighted by molar-refractivity contribution is 0.444. The van der Waals surface area contributed by atoms with Gasteiger partial charge in [0.25, 0.3) is 0 Å². The molecule has 1 aliphatic carbocycles. The van der Waals surface area contributed by atoms with Gasteiger partial charge in [-0.25, -0.2) is 0 Å². The van der Waals surface area contributed by atoms with Crippen molar-refractivity contribution in [1.29, 1.82) is 0 Å². The van der Waals surface area contributed by atoms with Gasteiger partial charge in [-0.05, 0) is 12.8 Å². The molecule has 0 bridgehead atoms. The van der Waals surface area contributed by atoms with Crippen molar-refractivity contribution < 1.29 is 0 Å². The first kappa shape index (κ1) is 10.6. The molecule has 1 rings (SSSR count). The van der Waals surface area contributed by atoms with Crippen LogP contribution in [0.2, 0.25) is 0 Å². The Bertz CT molecular complexity index is 156. The molecule has 1 aliphatic rings. The van der Waals surface area contributed by atoms with Crippen LogP contribution in [-0.4, -0.2) is 16.0 Å². The zero-order chi connectivity index (χ0) is 9.03. The molecular formula is C8H12Cl3N. The van der Waals surface area contributed by atoms with Crippen LogP contribution in [-0.2, 0) is 0 Å². The Kier molecular flexibility index (Phi) is 4.15. The largest absolute Gasteiger partial charge is 0.290 e. The predicted molar refractivity (Wildman–Crippen MR) is 55.7 cm³/mol. The molecule has 0 atom stereocenters. The first-order chi connectivity index (χ1) is 5.58. The van der Waals surface area contributed by atoms with E-state index < -0.39 is 3.79 Å². The van der Waals surface area contributed by atoms with E-state index in [0.29, 0.717) is 6.04 Å². The summed E-state index contributed by atoms with van der Waals surface area (Å²) >= 11 is 16.6. The highest BCUT2D eigenvalue weighted by molar-refractivity contribution is 6.74. The first-order valence-corrected chi connectivity index (χ1v) is 5.32. The van der Waals surface area contributed by atoms with E-state index in [9.17, 15) is 0 Å². The van der Waals surface area contributed by atoms with Crippen LogP contribution in [0.3, 0.4) is 0 Å². The summed E-state index contributed by atoms with van der Waals surface area (Å²) in [7, 11) is 0. The second-order valence-corrected chi connectivity index (χ2v) is 5.48. The molecule has 0 heterocycles. The van der Waals surface area contributed by atoms with Crippen LogP contribution in [0.5, 0.6) is 0 Å². The maximum Gasteiger partial charge on any atom is 0.225 e. The average molecular weight is 229 g/mol. The molecular weight excluding hydrogens is 216 g/mol. The molecule has 0 N–H and O–H groups in total. The maximum atomic E-state index is 5.53. The smallest absolute Gasteiger partial charge is 0.225 e. The minimum absolute atomic E-state index is 0.384. The van der Waals surface area contributed by atoms with E-state index in [-0.39, 0.29) is 0 Å². The Balaban J connectivity index is 2.33. The lowest BCUT2D eigenvalue weighted by atomic mass is 9.96. The number of hydrogen-bond acceptors (Lipinski definition) is 1. The highest BCUT2D eigenvalue weighted by Crippen LogP contribution is 2.25. The molecule has 0 unspecified atom stereocenters. The Morgan fingerprint density at radius 2 is 1.67 bits per heavy atom. The normalized spacial score (nSPS) is 21.9. The Labute approximate surface area is 88.1 Å². The summed E-state index contributed by atoms with van der Waals surface area (Å²) in [4.78, 5) is 4.23. The second-order valence-electron chi connectivity index (χ2n) is 3.11. The minimum Gasteiger partial charge on any atom is -0.290 e. The topological polar surface area (TPSA) is 12.4 Å². The number of hydrogen-bond donors (Lipinski definition) is 0. The van der Waals surface area contributed by atoms with Crippen molar-refractivity contribution >= 4 is 41.0 Å². The van der Waals surface area contributed by atoms with Gasteiger partial charge in [-0.2, -0.15) is 0 Å². The van der Waals surface area contributed by atoms with Crippen LogP contribution in [0.1, 0.15) is 32.1 Å². The van der Waals surface area contributed by atoms with Gasteiger partial charge in [0, 0.05) is 6.04 Å². The third kappa shape index (κ3) is 4.54. The lowest BCUT2D eigenvalue weighted by Crippen LogP contribution is -2.13. The molecule has 1 fully saturated rings. The summed E-state index contributed by atoms with van der Waals surface area (Å²) in [6.07, 6.45) is 7.52. The number of rotatable bonds is 1. The molecule has 0 aliphatic heterocycles. The van der Waals surface area contributed by atoms with Crippen molar-refractivity contribution in [3.8, 4) is 0 Å². The van der Waals surface area contributed by atoms with Crippen molar-refractivity contribution in [3.63, 3.8) is 0 Å². The molecule has 4 heteroatoms. The van der Waals surface area contributed by atoms with Crippen molar-refractivity contribution in [2.75, 3.05) is 0 Å². The van der Waals surface area contributed by atoms with Gasteiger partial charge in [0.15, 0.2) is 0 Å². The lowest BCUT2D eigenvalue weighted by Gasteiger charge is -2.17. The summed E-state index contributed by atoms with van der Waals surface area (Å²) in [5.41, 5.74) is 0. The summed E-state index contributed by atoms with van der Waals surface area (Å²) < 4.78 is -1.32. The molecule has 0 amide bonds. The zero-order valence-corrected chi connectivity index (χ0v) is 9.04. The van der Waals surface area contributed by atoms with Crippen molar-refractivity contribution in [2.45, 2.75) is 41.9 Å². The van der Waals surface area contributed by atoms with E-state index >= 15 is 0 Å². The van der Waals surface area contributed by atoms with Gasteiger partial charge in [0.05, 0.1) is 6.21 Å². The van der Waals surface area contributed by atoms with Crippen LogP contribution in [0.25, 0.3) is 0 Å². The quantitative estimate of drug-likeness (QED) is 0.479. The first-order valence-electron chi connectivity index (χ1n) is 4.19. The Hall–Kier alpha value is 0.540. The summed E-state index contributed by atoms with van der Waals surface area (Å²) in [6.45, 7) is 0. The molecule has 0 aromatic rings. The number of aliphatic imine (C=N–C) groups is 1. The SMILES string of the molecule is ClC(Cl)(Cl)C=NC1CCCCC1. The van der Waals surface area contributed by atoms with Gasteiger partial charge in [0.2, 0.25) is 3.79 Å². The average Bonchev–Trinajstić information content (AvgIpc) is 2.02. The van der Waals surface area contributed by atoms with Gasteiger partial charge in [-0.1, -0.05) is 54.1 Å². The molecule has 0 saturated heterocycles. The molecule has 1 nitrogen and oxygen atoms in total. The van der Waals surface area contributed by atoms with Gasteiger partial charge in [-0.3, -0.25) is 4.99 Å². The van der Waals surface area contributed by atoms with Crippen LogP contribution in [0, 0.1) is 0 Å². The number of nitrogens with zero attached hydrogens (tertiary/aromatic N) is 1. The van der Waals surface area contributed by atoms with Crippen molar-refractivity contribution in [2.24, 2.45) is 4.99 Å². The molecule has 70 valence electrons. The molecule has 0 aromatic carbocycles. The molecule has 12 heavy (non-hydrogen) atoms. The van der Waals surface area contributed by atoms with Crippen molar-refractivity contribution in [3.05, 3.63) is 0 Å². The summed E-state index contributed by atoms with van der Waals surface area (Å²) in [5.74, 6) is 0. The summed E-state index contributed by atoms with van der Waals surface area (Å²) in [6, 6.07) is 0.384. The standard InChI is InChI=1S/C8H12Cl3N/c9-8(10,11)6-12-7-4-2-1-3-5-7/h6-7H,1-5H2. The molecule has 0 aromatic heterocycles. The van der Waals surface area contributed by atoms with E-state index in [4.69, 9.17) is 34.8 Å². The number of halogens is 3. The zero-order valence-electron chi connectivity index (χ0n) is 6.77. The van der Waals surface area contributed by atoms with Gasteiger partial charge >= 0.3 is 0 Å². The minimum atomic E-state index is -1.32. The van der Waals surface area contributed by atoms with Gasteiger partial charge in [0.1, 0.15) is 0 Å². The summed E-state index contributed by atoms with van der Waals surface area (Å²) in [5, 5.41) is 0. The Morgan fingerprint density at radius 1 is 1.08 bits per heavy atom. The third-order valence-electron chi connectivity index (χ3n) is 2.01. The van der Waals surface area contributed by atoms with E-state index in [2.05, 4.69) is 4.99 Å². The van der Waals surface area contributed by atoms with Crippen molar-refractivity contribution in [1.82, 2.24) is 0 Å². The predicted octanol–water partition coefficient (Wildman–Crippen LogP) is 3.76. The third-order valence-corrected chi connectivity index (χ3v) is 2.30. The van der Waals surface area contributed by atoms with Crippen LogP contribution in [0.15, 0.2) is 4.99 Å². The maximum absolute atomic E-state index is 5.53. The van der Waals surface area contributed by atoms with E-state index in [1.165, 1.54) is 25.5 Å². The fourth-order valence-electron chi connectivity index (χ4n) is 1.42. The number of alkyl halides is 3. The molecule has 1 saturated carbocycles. The van der Waals surface area contributed by atoms with Crippen LogP contribution >= 0.6 is 34.8 Å². The molecule has 0 radical (unpaired) electrons. The van der Waals surface area contributed by atoms with Gasteiger partial charge < -0.3 is 0 Å². The highest BCUT2D eigenvalue weighted by atomic mass is 35.6. The van der Waals surface area contributed by atoms with E-state index in [1.54, 1.807) is 0 Å². The highest BCUT2D eigenvalue weighted by Gasteiger charge is 2.17. The van der Waals surface area contributed by atoms with Crippen LogP contribution in [0.4, 0.5) is 0 Å². The van der Waals surface area contributed by atoms with E-state index in [0.717, 1.165) is 12.8 Å². The van der Waals surface area contributed by atoms with E-state index in [1.807, 2.05) is 0 Å². The monoisotopic (exact) mass is 227 g/mol. The fourth-order valence-corrected chi connectivity index (χ4v) is 1.59.